The Morgan fingerprint density at radius 1 is 1.17 bits per heavy atom. The highest BCUT2D eigenvalue weighted by Crippen LogP contribution is 2.02. The first-order valence-corrected chi connectivity index (χ1v) is 6.25. The van der Waals surface area contributed by atoms with E-state index in [1.165, 1.54) is 0 Å². The van der Waals surface area contributed by atoms with E-state index in [1.54, 1.807) is 7.11 Å². The molecule has 0 saturated heterocycles. The van der Waals surface area contributed by atoms with Crippen molar-refractivity contribution in [3.63, 3.8) is 0 Å². The zero-order valence-corrected chi connectivity index (χ0v) is 11.5. The van der Waals surface area contributed by atoms with Gasteiger partial charge in [0, 0.05) is 39.1 Å². The Morgan fingerprint density at radius 2 is 1.78 bits per heavy atom. The van der Waals surface area contributed by atoms with E-state index in [4.69, 9.17) is 10.5 Å². The SMILES string of the molecule is COCCNC(=O)CCNC(=O)CC(N)C(C)C. The molecule has 0 spiro atoms. The molecule has 0 bridgehead atoms. The normalized spacial score (nSPS) is 12.3. The summed E-state index contributed by atoms with van der Waals surface area (Å²) in [7, 11) is 1.57. The maximum atomic E-state index is 11.5. The first-order chi connectivity index (χ1) is 8.47. The van der Waals surface area contributed by atoms with Crippen LogP contribution in [0.25, 0.3) is 0 Å². The van der Waals surface area contributed by atoms with Gasteiger partial charge >= 0.3 is 0 Å². The lowest BCUT2D eigenvalue weighted by molar-refractivity contribution is -0.122. The smallest absolute Gasteiger partial charge is 0.221 e. The number of rotatable bonds is 9. The topological polar surface area (TPSA) is 93.5 Å². The molecule has 0 aliphatic carbocycles. The fourth-order valence-electron chi connectivity index (χ4n) is 1.22. The number of nitrogens with one attached hydrogen (secondary N) is 2. The Kier molecular flexibility index (Phi) is 9.22. The van der Waals surface area contributed by atoms with Gasteiger partial charge in [-0.1, -0.05) is 13.8 Å². The monoisotopic (exact) mass is 259 g/mol. The van der Waals surface area contributed by atoms with Crippen LogP contribution in [0.4, 0.5) is 0 Å². The number of amides is 2. The van der Waals surface area contributed by atoms with Crippen LogP contribution in [0.15, 0.2) is 0 Å². The first-order valence-electron chi connectivity index (χ1n) is 6.25. The summed E-state index contributed by atoms with van der Waals surface area (Å²) < 4.78 is 4.80. The highest BCUT2D eigenvalue weighted by atomic mass is 16.5. The van der Waals surface area contributed by atoms with Crippen molar-refractivity contribution in [2.45, 2.75) is 32.7 Å². The molecule has 0 fully saturated rings. The fourth-order valence-corrected chi connectivity index (χ4v) is 1.22. The Balaban J connectivity index is 3.58. The van der Waals surface area contributed by atoms with Crippen molar-refractivity contribution in [1.29, 1.82) is 0 Å². The molecule has 0 rings (SSSR count). The molecule has 1 unspecified atom stereocenters. The Bertz CT molecular complexity index is 257. The molecule has 4 N–H and O–H groups in total. The van der Waals surface area contributed by atoms with Gasteiger partial charge in [0.25, 0.3) is 0 Å². The van der Waals surface area contributed by atoms with Crippen molar-refractivity contribution < 1.29 is 14.3 Å². The molecule has 2 amide bonds. The zero-order chi connectivity index (χ0) is 14.0. The lowest BCUT2D eigenvalue weighted by atomic mass is 10.0. The van der Waals surface area contributed by atoms with Gasteiger partial charge in [-0.15, -0.1) is 0 Å². The van der Waals surface area contributed by atoms with Crippen LogP contribution in [0.3, 0.4) is 0 Å². The minimum absolute atomic E-state index is 0.0968. The zero-order valence-electron chi connectivity index (χ0n) is 11.5. The quantitative estimate of drug-likeness (QED) is 0.492. The van der Waals surface area contributed by atoms with Gasteiger partial charge in [0.2, 0.25) is 11.8 Å². The average molecular weight is 259 g/mol. The lowest BCUT2D eigenvalue weighted by Crippen LogP contribution is -2.36. The number of methoxy groups -OCH3 is 1. The van der Waals surface area contributed by atoms with Gasteiger partial charge in [-0.2, -0.15) is 0 Å². The van der Waals surface area contributed by atoms with Crippen molar-refractivity contribution in [2.24, 2.45) is 11.7 Å². The average Bonchev–Trinajstić information content (AvgIpc) is 2.29. The summed E-state index contributed by atoms with van der Waals surface area (Å²) in [5.74, 6) is 0.0643. The summed E-state index contributed by atoms with van der Waals surface area (Å²) >= 11 is 0. The van der Waals surface area contributed by atoms with E-state index in [2.05, 4.69) is 10.6 Å². The van der Waals surface area contributed by atoms with Crippen LogP contribution in [0.2, 0.25) is 0 Å². The number of ether oxygens (including phenoxy) is 1. The summed E-state index contributed by atoms with van der Waals surface area (Å²) in [5.41, 5.74) is 5.78. The van der Waals surface area contributed by atoms with Crippen molar-refractivity contribution in [3.05, 3.63) is 0 Å². The molecular weight excluding hydrogens is 234 g/mol. The predicted molar refractivity (Wildman–Crippen MR) is 69.9 cm³/mol. The second kappa shape index (κ2) is 9.85. The molecule has 106 valence electrons. The predicted octanol–water partition coefficient (Wildman–Crippen LogP) is -0.371. The van der Waals surface area contributed by atoms with E-state index < -0.39 is 0 Å². The van der Waals surface area contributed by atoms with E-state index in [1.807, 2.05) is 13.8 Å². The van der Waals surface area contributed by atoms with Crippen LogP contribution < -0.4 is 16.4 Å². The second-order valence-corrected chi connectivity index (χ2v) is 4.55. The minimum Gasteiger partial charge on any atom is -0.383 e. The van der Waals surface area contributed by atoms with Gasteiger partial charge in [0.15, 0.2) is 0 Å². The number of nitrogens with two attached hydrogens (primary N) is 1. The Morgan fingerprint density at radius 3 is 2.33 bits per heavy atom. The summed E-state index contributed by atoms with van der Waals surface area (Å²) in [6.45, 7) is 5.26. The molecule has 6 nitrogen and oxygen atoms in total. The van der Waals surface area contributed by atoms with E-state index in [0.717, 1.165) is 0 Å². The first kappa shape index (κ1) is 16.9. The summed E-state index contributed by atoms with van der Waals surface area (Å²) in [4.78, 5) is 22.7. The van der Waals surface area contributed by atoms with Gasteiger partial charge in [-0.05, 0) is 5.92 Å². The van der Waals surface area contributed by atoms with Gasteiger partial charge < -0.3 is 21.1 Å². The molecular formula is C12H25N3O3. The summed E-state index contributed by atoms with van der Waals surface area (Å²) in [6, 6.07) is -0.138. The molecule has 18 heavy (non-hydrogen) atoms. The largest absolute Gasteiger partial charge is 0.383 e. The molecule has 0 aliphatic heterocycles. The van der Waals surface area contributed by atoms with E-state index >= 15 is 0 Å². The molecule has 0 aromatic heterocycles. The number of hydrogen-bond donors (Lipinski definition) is 3. The highest BCUT2D eigenvalue weighted by Gasteiger charge is 2.12. The molecule has 0 heterocycles. The van der Waals surface area contributed by atoms with Crippen LogP contribution in [0, 0.1) is 5.92 Å². The molecule has 0 aromatic rings. The number of carbonyl (C=O) groups is 2. The van der Waals surface area contributed by atoms with Gasteiger partial charge in [0.05, 0.1) is 6.61 Å². The molecule has 6 heteroatoms. The molecule has 0 aliphatic rings. The van der Waals surface area contributed by atoms with Crippen LogP contribution in [-0.2, 0) is 14.3 Å². The van der Waals surface area contributed by atoms with Crippen LogP contribution in [0.5, 0.6) is 0 Å². The van der Waals surface area contributed by atoms with Crippen molar-refractivity contribution in [3.8, 4) is 0 Å². The third-order valence-corrected chi connectivity index (χ3v) is 2.58. The van der Waals surface area contributed by atoms with Crippen LogP contribution in [-0.4, -0.2) is 44.7 Å². The Labute approximate surface area is 109 Å². The van der Waals surface area contributed by atoms with E-state index in [9.17, 15) is 9.59 Å². The Hall–Kier alpha value is -1.14. The fraction of sp³-hybridized carbons (Fsp3) is 0.833. The van der Waals surface area contributed by atoms with E-state index in [0.29, 0.717) is 26.1 Å². The minimum atomic E-state index is -0.138. The highest BCUT2D eigenvalue weighted by molar-refractivity contribution is 5.79. The molecule has 1 atom stereocenters. The standard InChI is InChI=1S/C12H25N3O3/c1-9(2)10(13)8-12(17)14-5-4-11(16)15-6-7-18-3/h9-10H,4-8,13H2,1-3H3,(H,14,17)(H,15,16). The van der Waals surface area contributed by atoms with Gasteiger partial charge in [-0.3, -0.25) is 9.59 Å². The van der Waals surface area contributed by atoms with Crippen molar-refractivity contribution >= 4 is 11.8 Å². The van der Waals surface area contributed by atoms with Crippen molar-refractivity contribution in [2.75, 3.05) is 26.8 Å². The maximum Gasteiger partial charge on any atom is 0.221 e. The third kappa shape index (κ3) is 8.95. The molecule has 0 saturated carbocycles. The van der Waals surface area contributed by atoms with Gasteiger partial charge in [-0.25, -0.2) is 0 Å². The van der Waals surface area contributed by atoms with E-state index in [-0.39, 0.29) is 30.2 Å². The second-order valence-electron chi connectivity index (χ2n) is 4.55. The van der Waals surface area contributed by atoms with Crippen molar-refractivity contribution in [1.82, 2.24) is 10.6 Å². The lowest BCUT2D eigenvalue weighted by Gasteiger charge is -2.14. The van der Waals surface area contributed by atoms with Crippen LogP contribution in [0.1, 0.15) is 26.7 Å². The number of hydrogen-bond acceptors (Lipinski definition) is 4. The maximum absolute atomic E-state index is 11.5. The molecule has 0 aromatic carbocycles. The third-order valence-electron chi connectivity index (χ3n) is 2.58. The van der Waals surface area contributed by atoms with Crippen LogP contribution >= 0.6 is 0 Å². The van der Waals surface area contributed by atoms with Gasteiger partial charge in [0.1, 0.15) is 0 Å². The summed E-state index contributed by atoms with van der Waals surface area (Å²) in [6.07, 6.45) is 0.565. The molecule has 0 radical (unpaired) electrons. The summed E-state index contributed by atoms with van der Waals surface area (Å²) in [5, 5.41) is 5.36. The number of carbonyl (C=O) groups excluding carboxylic acids is 2.